The molecule has 30 heavy (non-hydrogen) atoms. The number of nitrogens with zero attached hydrogens (tertiary/aromatic N) is 3. The molecule has 2 aromatic carbocycles. The fourth-order valence-corrected chi connectivity index (χ4v) is 3.50. The first-order chi connectivity index (χ1) is 14.4. The number of amides is 1. The standard InChI is InChI=1S/C22H25N3O5/c1-16(2)24(21(26)15-23-10-12-30-13-11-23)20-9-8-18(25(28)29)14-19(20)22(27)17-6-4-3-5-7-17/h3-9,14,16H,10-13,15H2,1-2H3. The molecular weight excluding hydrogens is 386 g/mol. The first-order valence-corrected chi connectivity index (χ1v) is 9.89. The molecule has 0 saturated carbocycles. The SMILES string of the molecule is CC(C)N(C(=O)CN1CCOCC1)c1ccc([N+](=O)[O-])cc1C(=O)c1ccccc1. The van der Waals surface area contributed by atoms with Crippen molar-refractivity contribution in [3.05, 3.63) is 69.8 Å². The van der Waals surface area contributed by atoms with Crippen molar-refractivity contribution >= 4 is 23.1 Å². The van der Waals surface area contributed by atoms with Crippen LogP contribution in [0.25, 0.3) is 0 Å². The van der Waals surface area contributed by atoms with Crippen LogP contribution in [0, 0.1) is 10.1 Å². The number of hydrogen-bond donors (Lipinski definition) is 0. The molecule has 0 N–H and O–H groups in total. The summed E-state index contributed by atoms with van der Waals surface area (Å²) in [6.07, 6.45) is 0. The lowest BCUT2D eigenvalue weighted by molar-refractivity contribution is -0.384. The number of ether oxygens (including phenoxy) is 1. The summed E-state index contributed by atoms with van der Waals surface area (Å²) >= 11 is 0. The molecule has 1 saturated heterocycles. The van der Waals surface area contributed by atoms with Crippen molar-refractivity contribution in [3.8, 4) is 0 Å². The second kappa shape index (κ2) is 9.60. The van der Waals surface area contributed by atoms with Crippen LogP contribution in [-0.4, -0.2) is 60.4 Å². The van der Waals surface area contributed by atoms with E-state index < -0.39 is 4.92 Å². The highest BCUT2D eigenvalue weighted by Gasteiger charge is 2.28. The minimum Gasteiger partial charge on any atom is -0.379 e. The molecule has 1 fully saturated rings. The highest BCUT2D eigenvalue weighted by molar-refractivity contribution is 6.14. The summed E-state index contributed by atoms with van der Waals surface area (Å²) in [4.78, 5) is 40.7. The molecule has 1 aliphatic heterocycles. The molecule has 0 atom stereocenters. The van der Waals surface area contributed by atoms with Gasteiger partial charge in [0.05, 0.1) is 35.9 Å². The topological polar surface area (TPSA) is 93.0 Å². The van der Waals surface area contributed by atoms with E-state index in [1.54, 1.807) is 35.2 Å². The average Bonchev–Trinajstić information content (AvgIpc) is 2.74. The highest BCUT2D eigenvalue weighted by atomic mass is 16.6. The van der Waals surface area contributed by atoms with Gasteiger partial charge < -0.3 is 9.64 Å². The van der Waals surface area contributed by atoms with Gasteiger partial charge in [0.1, 0.15) is 0 Å². The molecule has 0 unspecified atom stereocenters. The smallest absolute Gasteiger partial charge is 0.270 e. The Kier molecular flexibility index (Phi) is 6.91. The van der Waals surface area contributed by atoms with Gasteiger partial charge in [-0.25, -0.2) is 0 Å². The summed E-state index contributed by atoms with van der Waals surface area (Å²) in [6.45, 7) is 6.37. The Balaban J connectivity index is 2.01. The normalized spacial score (nSPS) is 14.5. The predicted molar refractivity (Wildman–Crippen MR) is 113 cm³/mol. The number of hydrogen-bond acceptors (Lipinski definition) is 6. The number of ketones is 1. The summed E-state index contributed by atoms with van der Waals surface area (Å²) in [7, 11) is 0. The number of anilines is 1. The highest BCUT2D eigenvalue weighted by Crippen LogP contribution is 2.29. The van der Waals surface area contributed by atoms with E-state index in [0.29, 0.717) is 37.6 Å². The van der Waals surface area contributed by atoms with Crippen molar-refractivity contribution in [2.45, 2.75) is 19.9 Å². The molecular formula is C22H25N3O5. The van der Waals surface area contributed by atoms with Crippen LogP contribution in [-0.2, 0) is 9.53 Å². The van der Waals surface area contributed by atoms with Crippen LogP contribution in [0.3, 0.4) is 0 Å². The Morgan fingerprint density at radius 2 is 1.80 bits per heavy atom. The van der Waals surface area contributed by atoms with Crippen molar-refractivity contribution in [2.75, 3.05) is 37.7 Å². The van der Waals surface area contributed by atoms with E-state index in [0.717, 1.165) is 0 Å². The molecule has 1 heterocycles. The molecule has 0 spiro atoms. The molecule has 158 valence electrons. The van der Waals surface area contributed by atoms with Gasteiger partial charge in [-0.2, -0.15) is 0 Å². The summed E-state index contributed by atoms with van der Waals surface area (Å²) in [5.74, 6) is -0.526. The molecule has 0 aromatic heterocycles. The zero-order chi connectivity index (χ0) is 21.7. The van der Waals surface area contributed by atoms with Crippen molar-refractivity contribution in [1.29, 1.82) is 0 Å². The Hall–Kier alpha value is -3.10. The molecule has 1 amide bonds. The second-order valence-electron chi connectivity index (χ2n) is 7.40. The lowest BCUT2D eigenvalue weighted by Crippen LogP contribution is -2.47. The second-order valence-corrected chi connectivity index (χ2v) is 7.40. The number of benzene rings is 2. The van der Waals surface area contributed by atoms with Gasteiger partial charge in [-0.3, -0.25) is 24.6 Å². The fourth-order valence-electron chi connectivity index (χ4n) is 3.50. The monoisotopic (exact) mass is 411 g/mol. The van der Waals surface area contributed by atoms with Crippen LogP contribution >= 0.6 is 0 Å². The Labute approximate surface area is 175 Å². The molecule has 1 aliphatic rings. The van der Waals surface area contributed by atoms with Crippen LogP contribution in [0.1, 0.15) is 29.8 Å². The maximum atomic E-state index is 13.2. The van der Waals surface area contributed by atoms with Crippen LogP contribution in [0.5, 0.6) is 0 Å². The van der Waals surface area contributed by atoms with Gasteiger partial charge in [-0.1, -0.05) is 30.3 Å². The van der Waals surface area contributed by atoms with Crippen molar-refractivity contribution in [1.82, 2.24) is 4.90 Å². The minimum atomic E-state index is -0.541. The van der Waals surface area contributed by atoms with Crippen LogP contribution in [0.4, 0.5) is 11.4 Å². The van der Waals surface area contributed by atoms with Crippen LogP contribution in [0.15, 0.2) is 48.5 Å². The van der Waals surface area contributed by atoms with E-state index in [2.05, 4.69) is 0 Å². The summed E-state index contributed by atoms with van der Waals surface area (Å²) < 4.78 is 5.33. The van der Waals surface area contributed by atoms with E-state index >= 15 is 0 Å². The predicted octanol–water partition coefficient (Wildman–Crippen LogP) is 2.90. The fraction of sp³-hybridized carbons (Fsp3) is 0.364. The lowest BCUT2D eigenvalue weighted by atomic mass is 9.99. The van der Waals surface area contributed by atoms with E-state index in [4.69, 9.17) is 4.74 Å². The molecule has 3 rings (SSSR count). The third kappa shape index (κ3) is 4.90. The molecule has 8 heteroatoms. The number of carbonyl (C=O) groups is 2. The molecule has 2 aromatic rings. The van der Waals surface area contributed by atoms with Gasteiger partial charge in [0.15, 0.2) is 5.78 Å². The number of rotatable bonds is 7. The van der Waals surface area contributed by atoms with Gasteiger partial charge in [0, 0.05) is 36.8 Å². The lowest BCUT2D eigenvalue weighted by Gasteiger charge is -2.32. The first kappa shape index (κ1) is 21.6. The van der Waals surface area contributed by atoms with Gasteiger partial charge in [0.25, 0.3) is 5.69 Å². The van der Waals surface area contributed by atoms with Crippen molar-refractivity contribution < 1.29 is 19.2 Å². The largest absolute Gasteiger partial charge is 0.379 e. The molecule has 0 bridgehead atoms. The van der Waals surface area contributed by atoms with E-state index in [9.17, 15) is 19.7 Å². The van der Waals surface area contributed by atoms with E-state index in [1.807, 2.05) is 18.7 Å². The Morgan fingerprint density at radius 3 is 2.40 bits per heavy atom. The first-order valence-electron chi connectivity index (χ1n) is 9.89. The minimum absolute atomic E-state index is 0.138. The third-order valence-corrected chi connectivity index (χ3v) is 4.98. The van der Waals surface area contributed by atoms with Crippen LogP contribution in [0.2, 0.25) is 0 Å². The Bertz CT molecular complexity index is 924. The summed E-state index contributed by atoms with van der Waals surface area (Å²) in [5.41, 5.74) is 0.730. The Morgan fingerprint density at radius 1 is 1.13 bits per heavy atom. The van der Waals surface area contributed by atoms with Gasteiger partial charge in [-0.15, -0.1) is 0 Å². The zero-order valence-electron chi connectivity index (χ0n) is 17.1. The van der Waals surface area contributed by atoms with Gasteiger partial charge in [0.2, 0.25) is 5.91 Å². The molecule has 8 nitrogen and oxygen atoms in total. The number of morpholine rings is 1. The quantitative estimate of drug-likeness (QED) is 0.395. The molecule has 0 aliphatic carbocycles. The number of nitro benzene ring substituents is 1. The van der Waals surface area contributed by atoms with Gasteiger partial charge >= 0.3 is 0 Å². The average molecular weight is 411 g/mol. The molecule has 0 radical (unpaired) electrons. The van der Waals surface area contributed by atoms with Crippen LogP contribution < -0.4 is 4.90 Å². The number of carbonyl (C=O) groups excluding carboxylic acids is 2. The summed E-state index contributed by atoms with van der Waals surface area (Å²) in [5, 5.41) is 11.3. The maximum absolute atomic E-state index is 13.2. The number of nitro groups is 1. The maximum Gasteiger partial charge on any atom is 0.270 e. The summed E-state index contributed by atoms with van der Waals surface area (Å²) in [6, 6.07) is 12.4. The van der Waals surface area contributed by atoms with E-state index in [1.165, 1.54) is 18.2 Å². The van der Waals surface area contributed by atoms with Gasteiger partial charge in [-0.05, 0) is 19.9 Å². The zero-order valence-corrected chi connectivity index (χ0v) is 17.1. The van der Waals surface area contributed by atoms with Crippen molar-refractivity contribution in [2.24, 2.45) is 0 Å². The van der Waals surface area contributed by atoms with Crippen molar-refractivity contribution in [3.63, 3.8) is 0 Å². The number of non-ortho nitro benzene ring substituents is 1. The van der Waals surface area contributed by atoms with E-state index in [-0.39, 0.29) is 35.5 Å². The third-order valence-electron chi connectivity index (χ3n) is 4.98.